The maximum atomic E-state index is 12.6. The van der Waals surface area contributed by atoms with Crippen molar-refractivity contribution in [2.75, 3.05) is 13.1 Å². The Kier molecular flexibility index (Phi) is 9.31. The zero-order valence-electron chi connectivity index (χ0n) is 15.5. The highest BCUT2D eigenvalue weighted by Crippen LogP contribution is 2.32. The van der Waals surface area contributed by atoms with Gasteiger partial charge in [0.1, 0.15) is 0 Å². The molecule has 5 nitrogen and oxygen atoms in total. The van der Waals surface area contributed by atoms with Crippen LogP contribution in [0, 0.1) is 5.92 Å². The summed E-state index contributed by atoms with van der Waals surface area (Å²) >= 11 is 0. The van der Waals surface area contributed by atoms with E-state index in [9.17, 15) is 4.79 Å². The molecule has 1 saturated carbocycles. The first kappa shape index (κ1) is 23.2. The predicted octanol–water partition coefficient (Wildman–Crippen LogP) is 2.91. The van der Waals surface area contributed by atoms with Crippen LogP contribution in [0.4, 0.5) is 0 Å². The molecule has 3 N–H and O–H groups in total. The molecule has 26 heavy (non-hydrogen) atoms. The molecule has 0 spiro atoms. The third-order valence-electron chi connectivity index (χ3n) is 5.66. The number of piperidine rings is 1. The van der Waals surface area contributed by atoms with Gasteiger partial charge in [0, 0.05) is 43.6 Å². The standard InChI is InChI=1S/C19H30N4O.2ClH/c1-19(20)9-3-2-4-17(19)18(24)22-16-7-12-23(13-8-16)14-15-5-10-21-11-6-15;;/h5-6,10-11,16-17H,2-4,7-9,12-14,20H2,1H3,(H,22,24);2*1H. The molecule has 1 amide bonds. The summed E-state index contributed by atoms with van der Waals surface area (Å²) in [6.45, 7) is 5.05. The van der Waals surface area contributed by atoms with Gasteiger partial charge in [-0.05, 0) is 50.3 Å². The van der Waals surface area contributed by atoms with Gasteiger partial charge >= 0.3 is 0 Å². The van der Waals surface area contributed by atoms with Crippen molar-refractivity contribution in [3.05, 3.63) is 30.1 Å². The van der Waals surface area contributed by atoms with Crippen molar-refractivity contribution >= 4 is 30.7 Å². The van der Waals surface area contributed by atoms with E-state index in [0.29, 0.717) is 6.04 Å². The maximum Gasteiger partial charge on any atom is 0.225 e. The summed E-state index contributed by atoms with van der Waals surface area (Å²) in [4.78, 5) is 19.2. The second-order valence-electron chi connectivity index (χ2n) is 7.72. The van der Waals surface area contributed by atoms with Gasteiger partial charge in [-0.2, -0.15) is 0 Å². The van der Waals surface area contributed by atoms with E-state index in [0.717, 1.165) is 58.2 Å². The van der Waals surface area contributed by atoms with Gasteiger partial charge in [0.15, 0.2) is 0 Å². The zero-order chi connectivity index (χ0) is 17.0. The number of nitrogens with one attached hydrogen (secondary N) is 1. The zero-order valence-corrected chi connectivity index (χ0v) is 17.2. The van der Waals surface area contributed by atoms with Crippen LogP contribution in [0.25, 0.3) is 0 Å². The number of carbonyl (C=O) groups is 1. The number of carbonyl (C=O) groups excluding carboxylic acids is 1. The Hall–Kier alpha value is -0.880. The Balaban J connectivity index is 0.00000169. The van der Waals surface area contributed by atoms with Crippen molar-refractivity contribution in [2.45, 2.75) is 63.6 Å². The first-order valence-corrected chi connectivity index (χ1v) is 9.25. The lowest BCUT2D eigenvalue weighted by Gasteiger charge is -2.39. The van der Waals surface area contributed by atoms with E-state index in [1.165, 1.54) is 5.56 Å². The van der Waals surface area contributed by atoms with E-state index in [1.807, 2.05) is 19.3 Å². The van der Waals surface area contributed by atoms with Gasteiger partial charge in [0.25, 0.3) is 0 Å². The molecule has 0 bridgehead atoms. The van der Waals surface area contributed by atoms with Crippen LogP contribution in [0.1, 0.15) is 51.0 Å². The Labute approximate surface area is 169 Å². The predicted molar refractivity (Wildman–Crippen MR) is 110 cm³/mol. The first-order valence-electron chi connectivity index (χ1n) is 9.25. The normalized spacial score (nSPS) is 27.1. The minimum Gasteiger partial charge on any atom is -0.353 e. The lowest BCUT2D eigenvalue weighted by Crippen LogP contribution is -2.55. The third-order valence-corrected chi connectivity index (χ3v) is 5.66. The number of amides is 1. The van der Waals surface area contributed by atoms with Gasteiger partial charge in [0.2, 0.25) is 5.91 Å². The number of pyridine rings is 1. The smallest absolute Gasteiger partial charge is 0.225 e. The maximum absolute atomic E-state index is 12.6. The lowest BCUT2D eigenvalue weighted by molar-refractivity contribution is -0.129. The van der Waals surface area contributed by atoms with E-state index in [4.69, 9.17) is 5.73 Å². The largest absolute Gasteiger partial charge is 0.353 e. The number of likely N-dealkylation sites (tertiary alicyclic amines) is 1. The molecule has 2 atom stereocenters. The van der Waals surface area contributed by atoms with Crippen molar-refractivity contribution in [1.29, 1.82) is 0 Å². The second-order valence-corrected chi connectivity index (χ2v) is 7.72. The number of nitrogens with zero attached hydrogens (tertiary/aromatic N) is 2. The van der Waals surface area contributed by atoms with Gasteiger partial charge < -0.3 is 11.1 Å². The summed E-state index contributed by atoms with van der Waals surface area (Å²) < 4.78 is 0. The molecule has 2 fully saturated rings. The summed E-state index contributed by atoms with van der Waals surface area (Å²) in [5.41, 5.74) is 7.32. The van der Waals surface area contributed by atoms with Gasteiger partial charge in [-0.3, -0.25) is 14.7 Å². The topological polar surface area (TPSA) is 71.2 Å². The summed E-state index contributed by atoms with van der Waals surface area (Å²) in [5, 5.41) is 3.27. The molecule has 1 aromatic heterocycles. The van der Waals surface area contributed by atoms with Gasteiger partial charge in [-0.1, -0.05) is 12.8 Å². The molecule has 2 heterocycles. The molecule has 3 rings (SSSR count). The summed E-state index contributed by atoms with van der Waals surface area (Å²) in [7, 11) is 0. The van der Waals surface area contributed by atoms with Crippen LogP contribution >= 0.6 is 24.8 Å². The van der Waals surface area contributed by atoms with Crippen LogP contribution in [0.3, 0.4) is 0 Å². The van der Waals surface area contributed by atoms with E-state index >= 15 is 0 Å². The minimum atomic E-state index is -0.343. The third kappa shape index (κ3) is 6.08. The van der Waals surface area contributed by atoms with Crippen LogP contribution in [-0.2, 0) is 11.3 Å². The summed E-state index contributed by atoms with van der Waals surface area (Å²) in [6.07, 6.45) is 9.87. The molecule has 1 aromatic rings. The van der Waals surface area contributed by atoms with Gasteiger partial charge in [0.05, 0.1) is 5.92 Å². The Bertz CT molecular complexity index is 548. The fourth-order valence-corrected chi connectivity index (χ4v) is 4.07. The SMILES string of the molecule is CC1(N)CCCCC1C(=O)NC1CCN(Cc2ccncc2)CC1.Cl.Cl. The minimum absolute atomic E-state index is 0. The molecular formula is C19H32Cl2N4O. The molecular weight excluding hydrogens is 371 g/mol. The monoisotopic (exact) mass is 402 g/mol. The number of hydrogen-bond donors (Lipinski definition) is 2. The van der Waals surface area contributed by atoms with Crippen LogP contribution in [-0.4, -0.2) is 40.5 Å². The number of halogens is 2. The van der Waals surface area contributed by atoms with Crippen LogP contribution in [0.5, 0.6) is 0 Å². The molecule has 1 aliphatic heterocycles. The first-order chi connectivity index (χ1) is 11.5. The van der Waals surface area contributed by atoms with Crippen LogP contribution in [0.2, 0.25) is 0 Å². The number of rotatable bonds is 4. The van der Waals surface area contributed by atoms with E-state index in [2.05, 4.69) is 27.3 Å². The highest BCUT2D eigenvalue weighted by atomic mass is 35.5. The van der Waals surface area contributed by atoms with Gasteiger partial charge in [-0.25, -0.2) is 0 Å². The molecule has 1 aliphatic carbocycles. The van der Waals surface area contributed by atoms with Crippen molar-refractivity contribution in [3.63, 3.8) is 0 Å². The second kappa shape index (κ2) is 10.5. The van der Waals surface area contributed by atoms with Crippen molar-refractivity contribution < 1.29 is 4.79 Å². The van der Waals surface area contributed by atoms with Crippen molar-refractivity contribution in [3.8, 4) is 0 Å². The van der Waals surface area contributed by atoms with E-state index in [-0.39, 0.29) is 42.2 Å². The van der Waals surface area contributed by atoms with Crippen molar-refractivity contribution in [2.24, 2.45) is 11.7 Å². The molecule has 1 saturated heterocycles. The average Bonchev–Trinajstić information content (AvgIpc) is 2.57. The molecule has 0 aromatic carbocycles. The number of hydrogen-bond acceptors (Lipinski definition) is 4. The van der Waals surface area contributed by atoms with Crippen LogP contribution < -0.4 is 11.1 Å². The summed E-state index contributed by atoms with van der Waals surface area (Å²) in [5.74, 6) is 0.147. The fourth-order valence-electron chi connectivity index (χ4n) is 4.07. The molecule has 0 radical (unpaired) electrons. The molecule has 2 unspecified atom stereocenters. The quantitative estimate of drug-likeness (QED) is 0.811. The highest BCUT2D eigenvalue weighted by molar-refractivity contribution is 5.85. The highest BCUT2D eigenvalue weighted by Gasteiger charge is 2.38. The number of nitrogens with two attached hydrogens (primary N) is 1. The fraction of sp³-hybridized carbons (Fsp3) is 0.684. The van der Waals surface area contributed by atoms with E-state index in [1.54, 1.807) is 0 Å². The van der Waals surface area contributed by atoms with Crippen molar-refractivity contribution in [1.82, 2.24) is 15.2 Å². The number of aromatic nitrogens is 1. The molecule has 2 aliphatic rings. The van der Waals surface area contributed by atoms with Crippen LogP contribution in [0.15, 0.2) is 24.5 Å². The molecule has 148 valence electrons. The molecule has 7 heteroatoms. The van der Waals surface area contributed by atoms with Gasteiger partial charge in [-0.15, -0.1) is 24.8 Å². The van der Waals surface area contributed by atoms with E-state index < -0.39 is 0 Å². The Morgan fingerprint density at radius 3 is 2.50 bits per heavy atom. The average molecular weight is 403 g/mol. The Morgan fingerprint density at radius 1 is 1.23 bits per heavy atom. The summed E-state index contributed by atoms with van der Waals surface area (Å²) in [6, 6.07) is 4.43. The Morgan fingerprint density at radius 2 is 1.88 bits per heavy atom. The lowest BCUT2D eigenvalue weighted by atomic mass is 9.74.